The zero-order valence-corrected chi connectivity index (χ0v) is 23.5. The van der Waals surface area contributed by atoms with Crippen molar-refractivity contribution in [2.24, 2.45) is 5.10 Å². The molecule has 0 atom stereocenters. The van der Waals surface area contributed by atoms with Crippen LogP contribution in [0.3, 0.4) is 0 Å². The summed E-state index contributed by atoms with van der Waals surface area (Å²) < 4.78 is 13.8. The fourth-order valence-corrected chi connectivity index (χ4v) is 5.65. The molecule has 0 aliphatic heterocycles. The molecule has 39 heavy (non-hydrogen) atoms. The van der Waals surface area contributed by atoms with Gasteiger partial charge in [0.15, 0.2) is 11.5 Å². The number of aromatic nitrogens is 2. The molecule has 0 amide bonds. The smallest absolute Gasteiger partial charge is 0.282 e. The molecule has 0 N–H and O–H groups in total. The molecule has 3 aromatic carbocycles. The molecule has 1 saturated carbocycles. The maximum atomic E-state index is 13.5. The van der Waals surface area contributed by atoms with Crippen molar-refractivity contribution in [3.63, 3.8) is 0 Å². The first-order valence-corrected chi connectivity index (χ1v) is 13.8. The van der Waals surface area contributed by atoms with Gasteiger partial charge in [0.05, 0.1) is 32.7 Å². The minimum Gasteiger partial charge on any atom is -0.493 e. The maximum absolute atomic E-state index is 13.5. The van der Waals surface area contributed by atoms with Gasteiger partial charge in [-0.2, -0.15) is 9.78 Å². The number of hydrogen-bond acceptors (Lipinski definition) is 7. The fourth-order valence-electron chi connectivity index (χ4n) is 4.87. The van der Waals surface area contributed by atoms with E-state index in [1.165, 1.54) is 23.2 Å². The predicted molar refractivity (Wildman–Crippen MR) is 158 cm³/mol. The Balaban J connectivity index is 1.46. The van der Waals surface area contributed by atoms with E-state index in [0.717, 1.165) is 34.8 Å². The molecule has 10 heteroatoms. The van der Waals surface area contributed by atoms with Crippen LogP contribution in [0, 0.1) is 13.7 Å². The van der Waals surface area contributed by atoms with Crippen molar-refractivity contribution in [3.05, 3.63) is 102 Å². The largest absolute Gasteiger partial charge is 0.493 e. The van der Waals surface area contributed by atoms with Crippen molar-refractivity contribution in [1.29, 1.82) is 0 Å². The van der Waals surface area contributed by atoms with Gasteiger partial charge in [-0.25, -0.2) is 4.98 Å². The number of halogens is 1. The number of methoxy groups -OCH3 is 1. The molecule has 1 fully saturated rings. The molecule has 1 aliphatic carbocycles. The Labute approximate surface area is 238 Å². The standard InChI is InChI=1S/C29H27IN4O5/c1-38-26-16-20(15-24(30)27(26)39-18-19-8-7-11-22(14-19)34(36)37)17-31-33-28(21-9-3-2-4-10-21)32-25-13-6-5-12-23(25)29(33)35/h5-8,11-17,21H,2-4,9-10,18H2,1H3. The van der Waals surface area contributed by atoms with Crippen molar-refractivity contribution >= 4 is 45.4 Å². The lowest BCUT2D eigenvalue weighted by molar-refractivity contribution is -0.384. The first-order chi connectivity index (χ1) is 18.9. The lowest BCUT2D eigenvalue weighted by atomic mass is 9.88. The zero-order valence-electron chi connectivity index (χ0n) is 21.4. The number of nitro groups is 1. The monoisotopic (exact) mass is 638 g/mol. The number of ether oxygens (including phenoxy) is 2. The molecule has 200 valence electrons. The van der Waals surface area contributed by atoms with Gasteiger partial charge >= 0.3 is 0 Å². The number of hydrogen-bond donors (Lipinski definition) is 0. The van der Waals surface area contributed by atoms with Gasteiger partial charge in [-0.15, -0.1) is 0 Å². The first kappa shape index (κ1) is 26.8. The molecule has 0 bridgehead atoms. The van der Waals surface area contributed by atoms with Crippen molar-refractivity contribution < 1.29 is 14.4 Å². The molecule has 0 radical (unpaired) electrons. The van der Waals surface area contributed by atoms with E-state index < -0.39 is 4.92 Å². The van der Waals surface area contributed by atoms with Crippen LogP contribution in [-0.4, -0.2) is 27.9 Å². The molecular weight excluding hydrogens is 611 g/mol. The van der Waals surface area contributed by atoms with Crippen LogP contribution in [-0.2, 0) is 6.61 Å². The van der Waals surface area contributed by atoms with E-state index in [-0.39, 0.29) is 23.8 Å². The van der Waals surface area contributed by atoms with Crippen LogP contribution in [0.2, 0.25) is 0 Å². The number of fused-ring (bicyclic) bond motifs is 1. The van der Waals surface area contributed by atoms with Crippen LogP contribution in [0.25, 0.3) is 10.9 Å². The summed E-state index contributed by atoms with van der Waals surface area (Å²) >= 11 is 2.15. The fraction of sp³-hybridized carbons (Fsp3) is 0.276. The Morgan fingerprint density at radius 1 is 1.13 bits per heavy atom. The molecule has 1 aliphatic rings. The Hall–Kier alpha value is -3.80. The normalized spacial score (nSPS) is 14.1. The van der Waals surface area contributed by atoms with E-state index in [0.29, 0.717) is 33.8 Å². The van der Waals surface area contributed by atoms with Crippen molar-refractivity contribution in [3.8, 4) is 11.5 Å². The molecule has 9 nitrogen and oxygen atoms in total. The van der Waals surface area contributed by atoms with Crippen molar-refractivity contribution in [1.82, 2.24) is 9.66 Å². The second-order valence-electron chi connectivity index (χ2n) is 9.43. The lowest BCUT2D eigenvalue weighted by Gasteiger charge is -2.22. The second-order valence-corrected chi connectivity index (χ2v) is 10.6. The van der Waals surface area contributed by atoms with Crippen molar-refractivity contribution in [2.75, 3.05) is 7.11 Å². The second kappa shape index (κ2) is 11.9. The van der Waals surface area contributed by atoms with Gasteiger partial charge < -0.3 is 9.47 Å². The van der Waals surface area contributed by atoms with Gasteiger partial charge in [0.1, 0.15) is 12.4 Å². The SMILES string of the molecule is COc1cc(C=Nn2c(C3CCCCC3)nc3ccccc3c2=O)cc(I)c1OCc1cccc([N+](=O)[O-])c1. The number of benzene rings is 3. The van der Waals surface area contributed by atoms with Crippen LogP contribution < -0.4 is 15.0 Å². The number of para-hydroxylation sites is 1. The molecule has 5 rings (SSSR count). The molecular formula is C29H27IN4O5. The molecule has 0 unspecified atom stereocenters. The molecule has 0 spiro atoms. The maximum Gasteiger partial charge on any atom is 0.282 e. The predicted octanol–water partition coefficient (Wildman–Crippen LogP) is 6.43. The molecule has 1 heterocycles. The highest BCUT2D eigenvalue weighted by atomic mass is 127. The van der Waals surface area contributed by atoms with Gasteiger partial charge in [-0.05, 0) is 70.8 Å². The van der Waals surface area contributed by atoms with Gasteiger partial charge in [0, 0.05) is 18.1 Å². The van der Waals surface area contributed by atoms with E-state index in [4.69, 9.17) is 14.5 Å². The van der Waals surface area contributed by atoms with Crippen molar-refractivity contribution in [2.45, 2.75) is 44.6 Å². The van der Waals surface area contributed by atoms with Crippen LogP contribution >= 0.6 is 22.6 Å². The summed E-state index contributed by atoms with van der Waals surface area (Å²) in [6, 6.07) is 17.4. The molecule has 0 saturated heterocycles. The number of rotatable bonds is 8. The average Bonchev–Trinajstić information content (AvgIpc) is 2.96. The third-order valence-electron chi connectivity index (χ3n) is 6.83. The number of nitro benzene ring substituents is 1. The van der Waals surface area contributed by atoms with Crippen LogP contribution in [0.4, 0.5) is 5.69 Å². The summed E-state index contributed by atoms with van der Waals surface area (Å²) in [7, 11) is 1.55. The van der Waals surface area contributed by atoms with Gasteiger partial charge in [-0.3, -0.25) is 14.9 Å². The molecule has 4 aromatic rings. The summed E-state index contributed by atoms with van der Waals surface area (Å²) in [5, 5.41) is 16.2. The Bertz CT molecular complexity index is 1610. The van der Waals surface area contributed by atoms with E-state index in [2.05, 4.69) is 27.7 Å². The Morgan fingerprint density at radius 3 is 2.69 bits per heavy atom. The minimum atomic E-state index is -0.433. The van der Waals surface area contributed by atoms with E-state index in [1.54, 1.807) is 37.6 Å². The summed E-state index contributed by atoms with van der Waals surface area (Å²) in [5.41, 5.74) is 1.92. The zero-order chi connectivity index (χ0) is 27.4. The van der Waals surface area contributed by atoms with E-state index in [9.17, 15) is 14.9 Å². The summed E-state index contributed by atoms with van der Waals surface area (Å²) in [6.07, 6.45) is 7.05. The highest BCUT2D eigenvalue weighted by Crippen LogP contribution is 2.35. The lowest BCUT2D eigenvalue weighted by Crippen LogP contribution is -2.25. The third-order valence-corrected chi connectivity index (χ3v) is 7.63. The average molecular weight is 638 g/mol. The van der Waals surface area contributed by atoms with Gasteiger partial charge in [0.2, 0.25) is 0 Å². The van der Waals surface area contributed by atoms with Crippen LogP contribution in [0.5, 0.6) is 11.5 Å². The third kappa shape index (κ3) is 5.95. The number of nitrogens with zero attached hydrogens (tertiary/aromatic N) is 4. The summed E-state index contributed by atoms with van der Waals surface area (Å²) in [5.74, 6) is 1.90. The summed E-state index contributed by atoms with van der Waals surface area (Å²) in [6.45, 7) is 0.143. The summed E-state index contributed by atoms with van der Waals surface area (Å²) in [4.78, 5) is 29.0. The van der Waals surface area contributed by atoms with Gasteiger partial charge in [-0.1, -0.05) is 43.5 Å². The van der Waals surface area contributed by atoms with Crippen LogP contribution in [0.15, 0.2) is 70.6 Å². The van der Waals surface area contributed by atoms with Crippen LogP contribution in [0.1, 0.15) is 55.0 Å². The topological polar surface area (TPSA) is 109 Å². The highest BCUT2D eigenvalue weighted by Gasteiger charge is 2.22. The number of non-ortho nitro benzene ring substituents is 1. The van der Waals surface area contributed by atoms with E-state index in [1.807, 2.05) is 24.3 Å². The highest BCUT2D eigenvalue weighted by molar-refractivity contribution is 14.1. The Morgan fingerprint density at radius 2 is 1.92 bits per heavy atom. The van der Waals surface area contributed by atoms with E-state index >= 15 is 0 Å². The Kier molecular flexibility index (Phi) is 8.20. The quantitative estimate of drug-likeness (QED) is 0.0953. The first-order valence-electron chi connectivity index (χ1n) is 12.7. The molecule has 1 aromatic heterocycles. The van der Waals surface area contributed by atoms with Gasteiger partial charge in [0.25, 0.3) is 11.2 Å². The minimum absolute atomic E-state index is 0.00957.